The lowest BCUT2D eigenvalue weighted by atomic mass is 10.3. The molecule has 0 unspecified atom stereocenters. The van der Waals surface area contributed by atoms with Crippen LogP contribution in [-0.2, 0) is 10.0 Å². The topological polar surface area (TPSA) is 110 Å². The fourth-order valence-electron chi connectivity index (χ4n) is 2.72. The van der Waals surface area contributed by atoms with Gasteiger partial charge >= 0.3 is 0 Å². The molecule has 0 saturated carbocycles. The van der Waals surface area contributed by atoms with E-state index in [9.17, 15) is 8.42 Å². The van der Waals surface area contributed by atoms with E-state index >= 15 is 0 Å². The molecule has 0 aliphatic carbocycles. The van der Waals surface area contributed by atoms with E-state index in [4.69, 9.17) is 10.5 Å². The highest BCUT2D eigenvalue weighted by Gasteiger charge is 2.21. The predicted octanol–water partition coefficient (Wildman–Crippen LogP) is 3.63. The molecule has 1 aromatic heterocycles. The van der Waals surface area contributed by atoms with Gasteiger partial charge in [0, 0.05) is 18.8 Å². The van der Waals surface area contributed by atoms with E-state index in [-0.39, 0.29) is 16.5 Å². The zero-order chi connectivity index (χ0) is 20.9. The minimum absolute atomic E-state index is 0.231. The summed E-state index contributed by atoms with van der Waals surface area (Å²) in [7, 11) is -3.51. The van der Waals surface area contributed by atoms with Crippen LogP contribution in [0.2, 0.25) is 0 Å². The van der Waals surface area contributed by atoms with Gasteiger partial charge in [-0.1, -0.05) is 32.0 Å². The Morgan fingerprint density at radius 3 is 2.28 bits per heavy atom. The van der Waals surface area contributed by atoms with E-state index in [2.05, 4.69) is 15.3 Å². The van der Waals surface area contributed by atoms with Crippen LogP contribution in [0.15, 0.2) is 65.8 Å². The molecular weight excluding hydrogens is 390 g/mol. The van der Waals surface area contributed by atoms with Gasteiger partial charge in [0.2, 0.25) is 15.9 Å². The second-order valence-electron chi connectivity index (χ2n) is 6.09. The summed E-state index contributed by atoms with van der Waals surface area (Å²) in [6.45, 7) is 4.45. The van der Waals surface area contributed by atoms with Gasteiger partial charge in [0.1, 0.15) is 17.8 Å². The Kier molecular flexibility index (Phi) is 6.30. The molecule has 9 heteroatoms. The number of hydrogen-bond acceptors (Lipinski definition) is 7. The van der Waals surface area contributed by atoms with E-state index in [1.807, 2.05) is 32.0 Å². The summed E-state index contributed by atoms with van der Waals surface area (Å²) in [5, 5.41) is 3.07. The molecule has 1 heterocycles. The van der Waals surface area contributed by atoms with Crippen molar-refractivity contribution in [3.05, 3.63) is 60.9 Å². The Balaban J connectivity index is 1.79. The zero-order valence-corrected chi connectivity index (χ0v) is 17.1. The summed E-state index contributed by atoms with van der Waals surface area (Å²) < 4.78 is 32.3. The number of nitrogens with one attached hydrogen (secondary N) is 1. The van der Waals surface area contributed by atoms with E-state index in [0.29, 0.717) is 30.3 Å². The monoisotopic (exact) mass is 413 g/mol. The summed E-state index contributed by atoms with van der Waals surface area (Å²) in [5.74, 6) is 1.20. The number of para-hydroxylation sites is 1. The van der Waals surface area contributed by atoms with Crippen LogP contribution < -0.4 is 15.8 Å². The number of anilines is 3. The lowest BCUT2D eigenvalue weighted by Gasteiger charge is -2.18. The van der Waals surface area contributed by atoms with Crippen molar-refractivity contribution >= 4 is 27.2 Å². The zero-order valence-electron chi connectivity index (χ0n) is 16.2. The molecule has 8 nitrogen and oxygen atoms in total. The Morgan fingerprint density at radius 2 is 1.66 bits per heavy atom. The quantitative estimate of drug-likeness (QED) is 0.580. The highest BCUT2D eigenvalue weighted by Crippen LogP contribution is 2.31. The Hall–Kier alpha value is -3.17. The maximum atomic E-state index is 12.6. The molecule has 0 amide bonds. The average molecular weight is 414 g/mol. The van der Waals surface area contributed by atoms with Crippen LogP contribution >= 0.6 is 0 Å². The molecule has 0 saturated heterocycles. The highest BCUT2D eigenvalue weighted by atomic mass is 32.2. The van der Waals surface area contributed by atoms with Crippen molar-refractivity contribution in [2.75, 3.05) is 24.1 Å². The number of aromatic nitrogens is 2. The number of rotatable bonds is 8. The van der Waals surface area contributed by atoms with Gasteiger partial charge < -0.3 is 15.8 Å². The number of hydrogen-bond donors (Lipinski definition) is 2. The van der Waals surface area contributed by atoms with Gasteiger partial charge in [0.15, 0.2) is 5.82 Å². The lowest BCUT2D eigenvalue weighted by Crippen LogP contribution is -2.30. The third kappa shape index (κ3) is 4.64. The van der Waals surface area contributed by atoms with Gasteiger partial charge in [-0.3, -0.25) is 0 Å². The molecule has 0 fully saturated rings. The maximum absolute atomic E-state index is 12.6. The third-order valence-electron chi connectivity index (χ3n) is 4.27. The molecule has 2 aromatic carbocycles. The van der Waals surface area contributed by atoms with Gasteiger partial charge in [0.05, 0.1) is 4.90 Å². The largest absolute Gasteiger partial charge is 0.437 e. The van der Waals surface area contributed by atoms with Crippen molar-refractivity contribution in [3.8, 4) is 11.6 Å². The van der Waals surface area contributed by atoms with E-state index in [0.717, 1.165) is 0 Å². The van der Waals surface area contributed by atoms with Crippen LogP contribution in [-0.4, -0.2) is 35.8 Å². The normalized spacial score (nSPS) is 11.4. The Labute approximate surface area is 170 Å². The smallest absolute Gasteiger partial charge is 0.248 e. The first kappa shape index (κ1) is 20.6. The number of ether oxygens (including phenoxy) is 1. The number of benzene rings is 2. The molecule has 152 valence electrons. The van der Waals surface area contributed by atoms with Gasteiger partial charge in [0.25, 0.3) is 0 Å². The fraction of sp³-hybridized carbons (Fsp3) is 0.200. The average Bonchev–Trinajstić information content (AvgIpc) is 2.73. The van der Waals surface area contributed by atoms with Crippen LogP contribution in [0, 0.1) is 0 Å². The molecule has 0 bridgehead atoms. The second-order valence-corrected chi connectivity index (χ2v) is 8.03. The Bertz CT molecular complexity index is 1050. The molecule has 0 radical (unpaired) electrons. The molecule has 0 spiro atoms. The van der Waals surface area contributed by atoms with Crippen molar-refractivity contribution in [1.82, 2.24) is 14.3 Å². The SMILES string of the molecule is CCN(CC)S(=O)(=O)c1ccc(Nc2ncnc(Oc3ccccc3)c2N)cc1. The summed E-state index contributed by atoms with van der Waals surface area (Å²) in [6.07, 6.45) is 1.34. The molecule has 0 atom stereocenters. The van der Waals surface area contributed by atoms with Crippen molar-refractivity contribution in [2.24, 2.45) is 0 Å². The van der Waals surface area contributed by atoms with Crippen molar-refractivity contribution in [3.63, 3.8) is 0 Å². The van der Waals surface area contributed by atoms with Gasteiger partial charge in [-0.15, -0.1) is 0 Å². The molecule has 3 aromatic rings. The van der Waals surface area contributed by atoms with Crippen LogP contribution in [0.1, 0.15) is 13.8 Å². The fourth-order valence-corrected chi connectivity index (χ4v) is 4.18. The number of nitrogens with zero attached hydrogens (tertiary/aromatic N) is 3. The number of sulfonamides is 1. The minimum Gasteiger partial charge on any atom is -0.437 e. The minimum atomic E-state index is -3.51. The van der Waals surface area contributed by atoms with Gasteiger partial charge in [-0.05, 0) is 36.4 Å². The van der Waals surface area contributed by atoms with Crippen molar-refractivity contribution in [1.29, 1.82) is 0 Å². The van der Waals surface area contributed by atoms with Crippen LogP contribution in [0.5, 0.6) is 11.6 Å². The lowest BCUT2D eigenvalue weighted by molar-refractivity contribution is 0.445. The first-order valence-corrected chi connectivity index (χ1v) is 10.6. The molecule has 0 aliphatic heterocycles. The van der Waals surface area contributed by atoms with Crippen molar-refractivity contribution < 1.29 is 13.2 Å². The molecule has 3 rings (SSSR count). The molecule has 3 N–H and O–H groups in total. The first-order chi connectivity index (χ1) is 14.0. The molecule has 0 aliphatic rings. The summed E-state index contributed by atoms with van der Waals surface area (Å²) in [6, 6.07) is 15.6. The maximum Gasteiger partial charge on any atom is 0.248 e. The van der Waals surface area contributed by atoms with Crippen LogP contribution in [0.4, 0.5) is 17.2 Å². The van der Waals surface area contributed by atoms with E-state index < -0.39 is 10.0 Å². The van der Waals surface area contributed by atoms with Gasteiger partial charge in [-0.2, -0.15) is 9.29 Å². The first-order valence-electron chi connectivity index (χ1n) is 9.16. The Morgan fingerprint density at radius 1 is 1.00 bits per heavy atom. The van der Waals surface area contributed by atoms with Crippen LogP contribution in [0.3, 0.4) is 0 Å². The van der Waals surface area contributed by atoms with Crippen molar-refractivity contribution in [2.45, 2.75) is 18.7 Å². The third-order valence-corrected chi connectivity index (χ3v) is 6.33. The molecular formula is C20H23N5O3S. The summed E-state index contributed by atoms with van der Waals surface area (Å²) >= 11 is 0. The van der Waals surface area contributed by atoms with E-state index in [1.54, 1.807) is 36.4 Å². The van der Waals surface area contributed by atoms with E-state index in [1.165, 1.54) is 10.6 Å². The standard InChI is InChI=1S/C20H23N5O3S/c1-3-25(4-2)29(26,27)17-12-10-15(11-13-17)24-19-18(21)20(23-14-22-19)28-16-8-6-5-7-9-16/h5-14H,3-4,21H2,1-2H3,(H,22,23,24). The predicted molar refractivity (Wildman–Crippen MR) is 113 cm³/mol. The number of nitrogen functional groups attached to an aromatic ring is 1. The summed E-state index contributed by atoms with van der Waals surface area (Å²) in [4.78, 5) is 8.46. The van der Waals surface area contributed by atoms with Gasteiger partial charge in [-0.25, -0.2) is 13.4 Å². The number of nitrogens with two attached hydrogens (primary N) is 1. The second kappa shape index (κ2) is 8.89. The van der Waals surface area contributed by atoms with Crippen LogP contribution in [0.25, 0.3) is 0 Å². The summed E-state index contributed by atoms with van der Waals surface area (Å²) in [5.41, 5.74) is 7.02. The molecule has 29 heavy (non-hydrogen) atoms. The highest BCUT2D eigenvalue weighted by molar-refractivity contribution is 7.89.